The average Bonchev–Trinajstić information content (AvgIpc) is 2.88. The molecule has 0 aliphatic carbocycles. The summed E-state index contributed by atoms with van der Waals surface area (Å²) in [5, 5.41) is 0.449. The molecule has 0 fully saturated rings. The number of fused-ring (bicyclic) bond motifs is 1. The van der Waals surface area contributed by atoms with Gasteiger partial charge in [0, 0.05) is 5.02 Å². The van der Waals surface area contributed by atoms with Gasteiger partial charge in [-0.2, -0.15) is 0 Å². The number of hydrogen-bond acceptors (Lipinski definition) is 7. The zero-order chi connectivity index (χ0) is 25.9. The van der Waals surface area contributed by atoms with Crippen LogP contribution in [0.2, 0.25) is 5.02 Å². The molecule has 11 heteroatoms. The van der Waals surface area contributed by atoms with Gasteiger partial charge in [0.15, 0.2) is 6.61 Å². The lowest BCUT2D eigenvalue weighted by atomic mass is 10.2. The van der Waals surface area contributed by atoms with Gasteiger partial charge in [0.2, 0.25) is 6.10 Å². The van der Waals surface area contributed by atoms with Crippen molar-refractivity contribution in [3.05, 3.63) is 77.3 Å². The second-order valence-electron chi connectivity index (χ2n) is 7.93. The highest BCUT2D eigenvalue weighted by atomic mass is 35.5. The topological polar surface area (TPSA) is 111 Å². The van der Waals surface area contributed by atoms with Gasteiger partial charge in [-0.25, -0.2) is 13.2 Å². The van der Waals surface area contributed by atoms with E-state index in [-0.39, 0.29) is 18.0 Å². The molecule has 0 radical (unpaired) electrons. The predicted molar refractivity (Wildman–Crippen MR) is 134 cm³/mol. The van der Waals surface area contributed by atoms with E-state index < -0.39 is 28.0 Å². The van der Waals surface area contributed by atoms with Crippen LogP contribution < -0.4 is 19.1 Å². The van der Waals surface area contributed by atoms with E-state index in [1.165, 1.54) is 42.3 Å². The summed E-state index contributed by atoms with van der Waals surface area (Å²) >= 11 is 6.07. The first-order valence-corrected chi connectivity index (χ1v) is 12.7. The molecule has 4 rings (SSSR count). The fourth-order valence-corrected chi connectivity index (χ4v) is 4.76. The summed E-state index contributed by atoms with van der Waals surface area (Å²) in [5.41, 5.74) is 1.68. The Hall–Kier alpha value is -3.76. The Morgan fingerprint density at radius 1 is 1.11 bits per heavy atom. The number of para-hydroxylation sites is 2. The molecule has 0 saturated heterocycles. The van der Waals surface area contributed by atoms with Crippen LogP contribution in [0, 0.1) is 6.92 Å². The number of esters is 1. The van der Waals surface area contributed by atoms with E-state index in [0.717, 1.165) is 5.56 Å². The van der Waals surface area contributed by atoms with Crippen molar-refractivity contribution >= 4 is 44.9 Å². The first-order valence-electron chi connectivity index (χ1n) is 10.8. The minimum absolute atomic E-state index is 0.0147. The fraction of sp³-hybridized carbons (Fsp3) is 0.200. The van der Waals surface area contributed by atoms with Crippen molar-refractivity contribution in [1.82, 2.24) is 0 Å². The molecule has 0 spiro atoms. The summed E-state index contributed by atoms with van der Waals surface area (Å²) in [5.74, 6) is -0.327. The van der Waals surface area contributed by atoms with E-state index in [1.54, 1.807) is 36.4 Å². The van der Waals surface area contributed by atoms with Crippen molar-refractivity contribution in [3.63, 3.8) is 0 Å². The van der Waals surface area contributed by atoms with E-state index in [2.05, 4.69) is 4.72 Å². The minimum Gasteiger partial charge on any atom is -0.484 e. The van der Waals surface area contributed by atoms with Gasteiger partial charge in [0.25, 0.3) is 15.9 Å². The number of anilines is 2. The number of nitrogens with zero attached hydrogens (tertiary/aromatic N) is 1. The molecule has 0 saturated carbocycles. The predicted octanol–water partition coefficient (Wildman–Crippen LogP) is 3.80. The van der Waals surface area contributed by atoms with Gasteiger partial charge in [-0.3, -0.25) is 9.52 Å². The SMILES string of the molecule is COC(=O)C1CN(C(=O)COc2ccc(S(=O)(=O)Nc3ccc(C)c(Cl)c3)cc2)c2ccccc2O1. The molecule has 9 nitrogen and oxygen atoms in total. The lowest BCUT2D eigenvalue weighted by molar-refractivity contribution is -0.148. The second-order valence-corrected chi connectivity index (χ2v) is 10.0. The maximum Gasteiger partial charge on any atom is 0.348 e. The van der Waals surface area contributed by atoms with Crippen LogP contribution in [0.5, 0.6) is 11.5 Å². The Labute approximate surface area is 213 Å². The first-order chi connectivity index (χ1) is 17.2. The van der Waals surface area contributed by atoms with Gasteiger partial charge in [0.05, 0.1) is 29.9 Å². The van der Waals surface area contributed by atoms with E-state index in [4.69, 9.17) is 25.8 Å². The number of hydrogen-bond donors (Lipinski definition) is 1. The quantitative estimate of drug-likeness (QED) is 0.462. The number of carbonyl (C=O) groups is 2. The number of amides is 1. The summed E-state index contributed by atoms with van der Waals surface area (Å²) < 4.78 is 43.9. The van der Waals surface area contributed by atoms with E-state index in [9.17, 15) is 18.0 Å². The van der Waals surface area contributed by atoms with Crippen LogP contribution >= 0.6 is 11.6 Å². The molecule has 188 valence electrons. The standard InChI is InChI=1S/C25H23ClN2O7S/c1-16-7-8-17(13-20(16)26)27-36(31,32)19-11-9-18(10-12-19)34-15-24(29)28-14-23(25(30)33-2)35-22-6-4-3-5-21(22)28/h3-13,23,27H,14-15H2,1-2H3. The molecule has 1 aliphatic heterocycles. The minimum atomic E-state index is -3.86. The zero-order valence-corrected chi connectivity index (χ0v) is 21.0. The van der Waals surface area contributed by atoms with Crippen LogP contribution in [-0.4, -0.2) is 46.7 Å². The van der Waals surface area contributed by atoms with Gasteiger partial charge in [-0.15, -0.1) is 0 Å². The summed E-state index contributed by atoms with van der Waals surface area (Å²) in [6.45, 7) is 1.45. The number of halogens is 1. The lowest BCUT2D eigenvalue weighted by Gasteiger charge is -2.33. The molecule has 0 aromatic heterocycles. The maximum absolute atomic E-state index is 12.9. The van der Waals surface area contributed by atoms with E-state index >= 15 is 0 Å². The van der Waals surface area contributed by atoms with Crippen molar-refractivity contribution in [2.24, 2.45) is 0 Å². The molecular weight excluding hydrogens is 508 g/mol. The average molecular weight is 531 g/mol. The number of carbonyl (C=O) groups excluding carboxylic acids is 2. The molecule has 3 aromatic carbocycles. The molecule has 3 aromatic rings. The van der Waals surface area contributed by atoms with Crippen molar-refractivity contribution < 1.29 is 32.2 Å². The summed E-state index contributed by atoms with van der Waals surface area (Å²) in [4.78, 5) is 26.4. The third-order valence-electron chi connectivity index (χ3n) is 5.46. The number of rotatable bonds is 7. The summed E-state index contributed by atoms with van der Waals surface area (Å²) in [7, 11) is -2.61. The Morgan fingerprint density at radius 2 is 1.83 bits per heavy atom. The number of benzene rings is 3. The highest BCUT2D eigenvalue weighted by molar-refractivity contribution is 7.92. The highest BCUT2D eigenvalue weighted by Crippen LogP contribution is 2.33. The Balaban J connectivity index is 1.42. The van der Waals surface area contributed by atoms with Crippen LogP contribution in [0.3, 0.4) is 0 Å². The van der Waals surface area contributed by atoms with Gasteiger partial charge < -0.3 is 19.1 Å². The van der Waals surface area contributed by atoms with Crippen LogP contribution in [0.1, 0.15) is 5.56 Å². The maximum atomic E-state index is 12.9. The third kappa shape index (κ3) is 5.55. The number of nitrogens with one attached hydrogen (secondary N) is 1. The van der Waals surface area contributed by atoms with E-state index in [1.807, 2.05) is 6.92 Å². The molecule has 1 unspecified atom stereocenters. The van der Waals surface area contributed by atoms with Crippen LogP contribution in [0.4, 0.5) is 11.4 Å². The highest BCUT2D eigenvalue weighted by Gasteiger charge is 2.34. The molecule has 1 heterocycles. The summed E-state index contributed by atoms with van der Waals surface area (Å²) in [6, 6.07) is 17.4. The van der Waals surface area contributed by atoms with Gasteiger partial charge in [-0.05, 0) is 61.0 Å². The van der Waals surface area contributed by atoms with Crippen LogP contribution in [-0.2, 0) is 24.3 Å². The van der Waals surface area contributed by atoms with Gasteiger partial charge >= 0.3 is 5.97 Å². The van der Waals surface area contributed by atoms with Crippen LogP contribution in [0.15, 0.2) is 71.6 Å². The van der Waals surface area contributed by atoms with Crippen molar-refractivity contribution in [1.29, 1.82) is 0 Å². The molecule has 1 N–H and O–H groups in total. The molecular formula is C25H23ClN2O7S. The van der Waals surface area contributed by atoms with Crippen molar-refractivity contribution in [3.8, 4) is 11.5 Å². The Kier molecular flexibility index (Phi) is 7.37. The normalized spacial score (nSPS) is 14.9. The van der Waals surface area contributed by atoms with E-state index in [0.29, 0.717) is 27.9 Å². The largest absolute Gasteiger partial charge is 0.484 e. The molecule has 1 aliphatic rings. The number of ether oxygens (including phenoxy) is 3. The lowest BCUT2D eigenvalue weighted by Crippen LogP contribution is -2.48. The van der Waals surface area contributed by atoms with Gasteiger partial charge in [0.1, 0.15) is 11.5 Å². The Morgan fingerprint density at radius 3 is 2.53 bits per heavy atom. The molecule has 1 amide bonds. The third-order valence-corrected chi connectivity index (χ3v) is 7.26. The number of aryl methyl sites for hydroxylation is 1. The fourth-order valence-electron chi connectivity index (χ4n) is 3.53. The zero-order valence-electron chi connectivity index (χ0n) is 19.4. The van der Waals surface area contributed by atoms with Crippen molar-refractivity contribution in [2.45, 2.75) is 17.9 Å². The molecule has 36 heavy (non-hydrogen) atoms. The molecule has 1 atom stereocenters. The van der Waals surface area contributed by atoms with Gasteiger partial charge in [-0.1, -0.05) is 29.8 Å². The number of methoxy groups -OCH3 is 1. The number of sulfonamides is 1. The smallest absolute Gasteiger partial charge is 0.348 e. The van der Waals surface area contributed by atoms with Crippen molar-refractivity contribution in [2.75, 3.05) is 29.9 Å². The second kappa shape index (κ2) is 10.5. The summed E-state index contributed by atoms with van der Waals surface area (Å²) in [6.07, 6.45) is -0.964. The van der Waals surface area contributed by atoms with Crippen LogP contribution in [0.25, 0.3) is 0 Å². The monoisotopic (exact) mass is 530 g/mol. The first kappa shape index (κ1) is 25.3. The molecule has 0 bridgehead atoms. The Bertz CT molecular complexity index is 1390.